The Morgan fingerprint density at radius 2 is 1.87 bits per heavy atom. The van der Waals surface area contributed by atoms with Gasteiger partial charge in [0, 0.05) is 13.1 Å². The zero-order chi connectivity index (χ0) is 16.6. The lowest BCUT2D eigenvalue weighted by molar-refractivity contribution is 0.395. The first-order valence-corrected chi connectivity index (χ1v) is 7.20. The van der Waals surface area contributed by atoms with Gasteiger partial charge < -0.3 is 14.8 Å². The highest BCUT2D eigenvalue weighted by atomic mass is 16.5. The first-order valence-electron chi connectivity index (χ1n) is 7.20. The van der Waals surface area contributed by atoms with Gasteiger partial charge in [0.2, 0.25) is 0 Å². The van der Waals surface area contributed by atoms with Gasteiger partial charge in [0.15, 0.2) is 5.82 Å². The van der Waals surface area contributed by atoms with Crippen LogP contribution in [0.2, 0.25) is 0 Å². The van der Waals surface area contributed by atoms with Crippen molar-refractivity contribution in [2.75, 3.05) is 19.5 Å². The fraction of sp³-hybridized carbons (Fsp3) is 0.312. The van der Waals surface area contributed by atoms with Gasteiger partial charge in [-0.2, -0.15) is 5.10 Å². The largest absolute Gasteiger partial charge is 0.497 e. The maximum absolute atomic E-state index is 5.43. The van der Waals surface area contributed by atoms with Crippen molar-refractivity contribution in [1.29, 1.82) is 0 Å². The van der Waals surface area contributed by atoms with Crippen molar-refractivity contribution in [3.8, 4) is 11.5 Å². The zero-order valence-electron chi connectivity index (χ0n) is 13.8. The van der Waals surface area contributed by atoms with Crippen molar-refractivity contribution in [3.05, 3.63) is 29.7 Å². The minimum atomic E-state index is 0.674. The molecular formula is C16H19N5O2. The summed E-state index contributed by atoms with van der Waals surface area (Å²) in [5, 5.41) is 7.75. The highest BCUT2D eigenvalue weighted by molar-refractivity contribution is 5.90. The molecule has 0 saturated heterocycles. The predicted octanol–water partition coefficient (Wildman–Crippen LogP) is 2.74. The monoisotopic (exact) mass is 313 g/mol. The number of methoxy groups -OCH3 is 2. The van der Waals surface area contributed by atoms with Gasteiger partial charge in [0.25, 0.3) is 0 Å². The molecule has 0 atom stereocenters. The number of hydrogen-bond acceptors (Lipinski definition) is 6. The Kier molecular flexibility index (Phi) is 3.77. The van der Waals surface area contributed by atoms with Gasteiger partial charge in [-0.25, -0.2) is 9.97 Å². The molecule has 0 radical (unpaired) electrons. The highest BCUT2D eigenvalue weighted by Crippen LogP contribution is 2.33. The number of anilines is 2. The smallest absolute Gasteiger partial charge is 0.160 e. The molecule has 7 heteroatoms. The number of aromatic nitrogens is 4. The average molecular weight is 313 g/mol. The van der Waals surface area contributed by atoms with Crippen LogP contribution in [0.4, 0.5) is 11.5 Å². The Hall–Kier alpha value is -2.83. The normalized spacial score (nSPS) is 10.8. The SMILES string of the molecule is COc1ccc(Nc2nc(C)nc3c(C)nn(C)c23)c(OC)c1. The van der Waals surface area contributed by atoms with Crippen molar-refractivity contribution >= 4 is 22.5 Å². The van der Waals surface area contributed by atoms with Crippen LogP contribution in [-0.2, 0) is 7.05 Å². The van der Waals surface area contributed by atoms with E-state index in [-0.39, 0.29) is 0 Å². The van der Waals surface area contributed by atoms with E-state index in [0.717, 1.165) is 28.2 Å². The number of rotatable bonds is 4. The summed E-state index contributed by atoms with van der Waals surface area (Å²) in [5.74, 6) is 2.78. The number of nitrogens with one attached hydrogen (secondary N) is 1. The molecule has 2 heterocycles. The summed E-state index contributed by atoms with van der Waals surface area (Å²) < 4.78 is 12.4. The first-order chi connectivity index (χ1) is 11.0. The van der Waals surface area contributed by atoms with Gasteiger partial charge in [0.1, 0.15) is 28.4 Å². The maximum atomic E-state index is 5.43. The molecule has 120 valence electrons. The number of hydrogen-bond donors (Lipinski definition) is 1. The molecule has 23 heavy (non-hydrogen) atoms. The molecule has 0 saturated carbocycles. The minimum Gasteiger partial charge on any atom is -0.497 e. The molecule has 0 bridgehead atoms. The van der Waals surface area contributed by atoms with Gasteiger partial charge in [0.05, 0.1) is 25.6 Å². The molecule has 7 nitrogen and oxygen atoms in total. The van der Waals surface area contributed by atoms with E-state index in [2.05, 4.69) is 20.4 Å². The van der Waals surface area contributed by atoms with Gasteiger partial charge >= 0.3 is 0 Å². The number of aryl methyl sites for hydroxylation is 3. The zero-order valence-corrected chi connectivity index (χ0v) is 13.8. The number of nitrogens with zero attached hydrogens (tertiary/aromatic N) is 4. The molecule has 0 aliphatic rings. The minimum absolute atomic E-state index is 0.674. The van der Waals surface area contributed by atoms with Gasteiger partial charge in [-0.15, -0.1) is 0 Å². The first kappa shape index (κ1) is 15.1. The van der Waals surface area contributed by atoms with Crippen LogP contribution in [-0.4, -0.2) is 34.0 Å². The second-order valence-corrected chi connectivity index (χ2v) is 5.22. The Morgan fingerprint density at radius 3 is 2.57 bits per heavy atom. The lowest BCUT2D eigenvalue weighted by Gasteiger charge is -2.13. The number of benzene rings is 1. The van der Waals surface area contributed by atoms with Crippen LogP contribution in [0.3, 0.4) is 0 Å². The molecule has 1 N–H and O–H groups in total. The standard InChI is InChI=1S/C16H19N5O2/c1-9-14-15(21(3)20-9)16(18-10(2)17-14)19-12-7-6-11(22-4)8-13(12)23-5/h6-8H,1-5H3,(H,17,18,19). The van der Waals surface area contributed by atoms with Crippen LogP contribution < -0.4 is 14.8 Å². The third kappa shape index (κ3) is 2.65. The van der Waals surface area contributed by atoms with E-state index in [9.17, 15) is 0 Å². The van der Waals surface area contributed by atoms with Crippen molar-refractivity contribution in [1.82, 2.24) is 19.7 Å². The summed E-state index contributed by atoms with van der Waals surface area (Å²) in [7, 11) is 5.12. The molecular weight excluding hydrogens is 294 g/mol. The van der Waals surface area contributed by atoms with Crippen LogP contribution in [0.15, 0.2) is 18.2 Å². The molecule has 0 fully saturated rings. The molecule has 3 rings (SSSR count). The van der Waals surface area contributed by atoms with Crippen LogP contribution in [0, 0.1) is 13.8 Å². The second-order valence-electron chi connectivity index (χ2n) is 5.22. The lowest BCUT2D eigenvalue weighted by atomic mass is 10.2. The Morgan fingerprint density at radius 1 is 1.09 bits per heavy atom. The average Bonchev–Trinajstić information content (AvgIpc) is 2.82. The molecule has 0 spiro atoms. The van der Waals surface area contributed by atoms with Crippen LogP contribution in [0.25, 0.3) is 11.0 Å². The highest BCUT2D eigenvalue weighted by Gasteiger charge is 2.15. The third-order valence-electron chi connectivity index (χ3n) is 3.62. The van der Waals surface area contributed by atoms with E-state index < -0.39 is 0 Å². The van der Waals surface area contributed by atoms with Gasteiger partial charge in [-0.1, -0.05) is 0 Å². The Labute approximate surface area is 134 Å². The molecule has 3 aromatic rings. The topological polar surface area (TPSA) is 74.1 Å². The quantitative estimate of drug-likeness (QED) is 0.798. The number of ether oxygens (including phenoxy) is 2. The van der Waals surface area contributed by atoms with E-state index in [4.69, 9.17) is 9.47 Å². The maximum Gasteiger partial charge on any atom is 0.160 e. The second kappa shape index (κ2) is 5.75. The predicted molar refractivity (Wildman–Crippen MR) is 88.6 cm³/mol. The van der Waals surface area contributed by atoms with E-state index in [1.54, 1.807) is 18.9 Å². The fourth-order valence-corrected chi connectivity index (χ4v) is 2.56. The Balaban J connectivity index is 2.12. The van der Waals surface area contributed by atoms with E-state index in [1.165, 1.54) is 0 Å². The van der Waals surface area contributed by atoms with Crippen molar-refractivity contribution in [3.63, 3.8) is 0 Å². The molecule has 0 aliphatic heterocycles. The van der Waals surface area contributed by atoms with Crippen LogP contribution in [0.5, 0.6) is 11.5 Å². The van der Waals surface area contributed by atoms with Crippen LogP contribution in [0.1, 0.15) is 11.5 Å². The molecule has 0 aliphatic carbocycles. The lowest BCUT2D eigenvalue weighted by Crippen LogP contribution is -2.03. The summed E-state index contributed by atoms with van der Waals surface area (Å²) in [5.41, 5.74) is 3.37. The van der Waals surface area contributed by atoms with E-state index in [0.29, 0.717) is 17.4 Å². The summed E-state index contributed by atoms with van der Waals surface area (Å²) >= 11 is 0. The molecule has 0 unspecified atom stereocenters. The fourth-order valence-electron chi connectivity index (χ4n) is 2.56. The van der Waals surface area contributed by atoms with Crippen LogP contribution >= 0.6 is 0 Å². The molecule has 0 amide bonds. The Bertz CT molecular complexity index is 873. The summed E-state index contributed by atoms with van der Waals surface area (Å²) in [6, 6.07) is 5.58. The van der Waals surface area contributed by atoms with Crippen molar-refractivity contribution in [2.24, 2.45) is 7.05 Å². The van der Waals surface area contributed by atoms with Gasteiger partial charge in [-0.05, 0) is 26.0 Å². The number of fused-ring (bicyclic) bond motifs is 1. The third-order valence-corrected chi connectivity index (χ3v) is 3.62. The summed E-state index contributed by atoms with van der Waals surface area (Å²) in [6.07, 6.45) is 0. The summed E-state index contributed by atoms with van der Waals surface area (Å²) in [6.45, 7) is 3.80. The molecule has 2 aromatic heterocycles. The van der Waals surface area contributed by atoms with Crippen molar-refractivity contribution < 1.29 is 9.47 Å². The van der Waals surface area contributed by atoms with E-state index in [1.807, 2.05) is 39.1 Å². The van der Waals surface area contributed by atoms with E-state index >= 15 is 0 Å². The van der Waals surface area contributed by atoms with Crippen molar-refractivity contribution in [2.45, 2.75) is 13.8 Å². The van der Waals surface area contributed by atoms with Gasteiger partial charge in [-0.3, -0.25) is 4.68 Å². The molecule has 1 aromatic carbocycles. The summed E-state index contributed by atoms with van der Waals surface area (Å²) in [4.78, 5) is 9.00.